The molecular weight excluding hydrogens is 382 g/mol. The van der Waals surface area contributed by atoms with Gasteiger partial charge >= 0.3 is 6.09 Å². The molecule has 8 heteroatoms. The van der Waals surface area contributed by atoms with Gasteiger partial charge in [-0.05, 0) is 46.2 Å². The van der Waals surface area contributed by atoms with Gasteiger partial charge in [0.15, 0.2) is 0 Å². The van der Waals surface area contributed by atoms with E-state index in [0.29, 0.717) is 32.1 Å². The van der Waals surface area contributed by atoms with Crippen molar-refractivity contribution in [3.63, 3.8) is 0 Å². The van der Waals surface area contributed by atoms with Crippen molar-refractivity contribution in [1.29, 1.82) is 0 Å². The summed E-state index contributed by atoms with van der Waals surface area (Å²) >= 11 is 0. The fourth-order valence-electron chi connectivity index (χ4n) is 3.44. The predicted octanol–water partition coefficient (Wildman–Crippen LogP) is 3.77. The molecule has 0 aromatic carbocycles. The molecule has 2 aromatic rings. The maximum atomic E-state index is 12.4. The zero-order chi connectivity index (χ0) is 21.7. The Morgan fingerprint density at radius 1 is 1.17 bits per heavy atom. The number of ether oxygens (including phenoxy) is 2. The van der Waals surface area contributed by atoms with Gasteiger partial charge in [-0.2, -0.15) is 0 Å². The normalized spacial score (nSPS) is 17.0. The van der Waals surface area contributed by atoms with Crippen LogP contribution >= 0.6 is 0 Å². The van der Waals surface area contributed by atoms with Crippen LogP contribution in [0.3, 0.4) is 0 Å². The van der Waals surface area contributed by atoms with E-state index in [1.807, 2.05) is 39.8 Å². The zero-order valence-corrected chi connectivity index (χ0v) is 18.5. The van der Waals surface area contributed by atoms with E-state index in [0.717, 1.165) is 23.5 Å². The van der Waals surface area contributed by atoms with E-state index in [1.54, 1.807) is 23.5 Å². The third kappa shape index (κ3) is 5.17. The number of hydrogen-bond acceptors (Lipinski definition) is 7. The van der Waals surface area contributed by atoms with Crippen molar-refractivity contribution in [1.82, 2.24) is 19.9 Å². The molecule has 30 heavy (non-hydrogen) atoms. The summed E-state index contributed by atoms with van der Waals surface area (Å²) in [5.41, 5.74) is 1.04. The highest BCUT2D eigenvalue weighted by Gasteiger charge is 2.32. The van der Waals surface area contributed by atoms with E-state index >= 15 is 0 Å². The molecule has 0 aliphatic carbocycles. The molecule has 0 unspecified atom stereocenters. The Bertz CT molecular complexity index is 851. The van der Waals surface area contributed by atoms with Crippen molar-refractivity contribution in [2.45, 2.75) is 52.7 Å². The second kappa shape index (κ2) is 9.28. The summed E-state index contributed by atoms with van der Waals surface area (Å²) in [6, 6.07) is 3.94. The summed E-state index contributed by atoms with van der Waals surface area (Å²) in [6.45, 7) is 12.1. The quantitative estimate of drug-likeness (QED) is 0.738. The molecule has 1 atom stereocenters. The van der Waals surface area contributed by atoms with Crippen LogP contribution in [0.15, 0.2) is 30.7 Å². The van der Waals surface area contributed by atoms with E-state index in [1.165, 1.54) is 0 Å². The van der Waals surface area contributed by atoms with Crippen molar-refractivity contribution in [3.05, 3.63) is 30.7 Å². The number of hydrogen-bond donors (Lipinski definition) is 0. The van der Waals surface area contributed by atoms with Gasteiger partial charge < -0.3 is 19.3 Å². The summed E-state index contributed by atoms with van der Waals surface area (Å²) < 4.78 is 11.1. The minimum absolute atomic E-state index is 0.156. The average Bonchev–Trinajstić information content (AvgIpc) is 2.73. The van der Waals surface area contributed by atoms with Gasteiger partial charge in [0.05, 0.1) is 30.3 Å². The van der Waals surface area contributed by atoms with Crippen LogP contribution < -0.4 is 9.64 Å². The predicted molar refractivity (Wildman–Crippen MR) is 116 cm³/mol. The second-order valence-corrected chi connectivity index (χ2v) is 8.23. The number of rotatable bonds is 5. The molecular formula is C22H31N5O3. The Morgan fingerprint density at radius 3 is 2.60 bits per heavy atom. The standard InChI is InChI=1S/C22H31N5O3/c1-6-16-15-26(21(28)30-22(3,4)5)11-12-27(16)19-14-24-18(13-25-19)17-9-8-10-23-20(17)29-7-2/h8-10,13-14,16H,6-7,11-12,15H2,1-5H3/t16-/m1/s1. The molecule has 0 spiro atoms. The van der Waals surface area contributed by atoms with Crippen molar-refractivity contribution in [2.24, 2.45) is 0 Å². The highest BCUT2D eigenvalue weighted by atomic mass is 16.6. The monoisotopic (exact) mass is 413 g/mol. The van der Waals surface area contributed by atoms with Crippen LogP contribution in [-0.4, -0.2) is 63.8 Å². The first-order valence-electron chi connectivity index (χ1n) is 10.5. The highest BCUT2D eigenvalue weighted by molar-refractivity contribution is 5.69. The van der Waals surface area contributed by atoms with Gasteiger partial charge in [-0.1, -0.05) is 6.92 Å². The van der Waals surface area contributed by atoms with Crippen LogP contribution in [0.4, 0.5) is 10.6 Å². The van der Waals surface area contributed by atoms with E-state index in [-0.39, 0.29) is 12.1 Å². The van der Waals surface area contributed by atoms with Crippen LogP contribution in [0.5, 0.6) is 5.88 Å². The summed E-state index contributed by atoms with van der Waals surface area (Å²) in [4.78, 5) is 30.0. The number of amides is 1. The maximum absolute atomic E-state index is 12.4. The number of carbonyl (C=O) groups is 1. The van der Waals surface area contributed by atoms with Gasteiger partial charge in [0.25, 0.3) is 0 Å². The van der Waals surface area contributed by atoms with E-state index in [4.69, 9.17) is 9.47 Å². The number of pyridine rings is 1. The molecule has 1 amide bonds. The van der Waals surface area contributed by atoms with Crippen LogP contribution in [0, 0.1) is 0 Å². The first-order valence-corrected chi connectivity index (χ1v) is 10.5. The molecule has 1 saturated heterocycles. The lowest BCUT2D eigenvalue weighted by atomic mass is 10.1. The summed E-state index contributed by atoms with van der Waals surface area (Å²) in [5.74, 6) is 1.36. The third-order valence-corrected chi connectivity index (χ3v) is 4.87. The zero-order valence-electron chi connectivity index (χ0n) is 18.5. The number of nitrogens with zero attached hydrogens (tertiary/aromatic N) is 5. The van der Waals surface area contributed by atoms with Crippen LogP contribution in [-0.2, 0) is 4.74 Å². The minimum Gasteiger partial charge on any atom is -0.477 e. The fourth-order valence-corrected chi connectivity index (χ4v) is 3.44. The van der Waals surface area contributed by atoms with Crippen molar-refractivity contribution in [2.75, 3.05) is 31.1 Å². The van der Waals surface area contributed by atoms with Crippen LogP contribution in [0.2, 0.25) is 0 Å². The number of carbonyl (C=O) groups excluding carboxylic acids is 1. The first kappa shape index (κ1) is 21.8. The molecule has 0 N–H and O–H groups in total. The lowest BCUT2D eigenvalue weighted by Crippen LogP contribution is -2.55. The Labute approximate surface area is 178 Å². The molecule has 0 radical (unpaired) electrons. The first-order chi connectivity index (χ1) is 14.3. The van der Waals surface area contributed by atoms with Gasteiger partial charge in [0.2, 0.25) is 5.88 Å². The fraction of sp³-hybridized carbons (Fsp3) is 0.545. The summed E-state index contributed by atoms with van der Waals surface area (Å²) in [5, 5.41) is 0. The van der Waals surface area contributed by atoms with Crippen LogP contribution in [0.1, 0.15) is 41.0 Å². The molecule has 162 valence electrons. The van der Waals surface area contributed by atoms with Crippen LogP contribution in [0.25, 0.3) is 11.3 Å². The van der Waals surface area contributed by atoms with Crippen molar-refractivity contribution < 1.29 is 14.3 Å². The number of piperazine rings is 1. The number of anilines is 1. The van der Waals surface area contributed by atoms with Gasteiger partial charge in [0, 0.05) is 31.9 Å². The Balaban J connectivity index is 1.73. The van der Waals surface area contributed by atoms with E-state index in [9.17, 15) is 4.79 Å². The van der Waals surface area contributed by atoms with Gasteiger partial charge in [0.1, 0.15) is 11.4 Å². The molecule has 0 saturated carbocycles. The lowest BCUT2D eigenvalue weighted by Gasteiger charge is -2.41. The van der Waals surface area contributed by atoms with Gasteiger partial charge in [-0.15, -0.1) is 0 Å². The SMILES string of the molecule is CCOc1ncccc1-c1cnc(N2CCN(C(=O)OC(C)(C)C)C[C@H]2CC)cn1. The molecule has 3 rings (SSSR count). The molecule has 0 bridgehead atoms. The summed E-state index contributed by atoms with van der Waals surface area (Å²) in [7, 11) is 0. The molecule has 1 aliphatic heterocycles. The molecule has 2 aromatic heterocycles. The Morgan fingerprint density at radius 2 is 1.97 bits per heavy atom. The molecule has 1 fully saturated rings. The highest BCUT2D eigenvalue weighted by Crippen LogP contribution is 2.27. The van der Waals surface area contributed by atoms with E-state index < -0.39 is 5.60 Å². The minimum atomic E-state index is -0.496. The third-order valence-electron chi connectivity index (χ3n) is 4.87. The number of aromatic nitrogens is 3. The van der Waals surface area contributed by atoms with Gasteiger partial charge in [-0.25, -0.2) is 14.8 Å². The van der Waals surface area contributed by atoms with Crippen molar-refractivity contribution in [3.8, 4) is 17.1 Å². The summed E-state index contributed by atoms with van der Waals surface area (Å²) in [6.07, 6.45) is 5.86. The Kier molecular flexibility index (Phi) is 6.74. The molecule has 8 nitrogen and oxygen atoms in total. The van der Waals surface area contributed by atoms with E-state index in [2.05, 4.69) is 26.8 Å². The molecule has 3 heterocycles. The largest absolute Gasteiger partial charge is 0.477 e. The topological polar surface area (TPSA) is 80.7 Å². The smallest absolute Gasteiger partial charge is 0.410 e. The lowest BCUT2D eigenvalue weighted by molar-refractivity contribution is 0.0213. The van der Waals surface area contributed by atoms with Crippen molar-refractivity contribution >= 4 is 11.9 Å². The maximum Gasteiger partial charge on any atom is 0.410 e. The van der Waals surface area contributed by atoms with Gasteiger partial charge in [-0.3, -0.25) is 4.98 Å². The average molecular weight is 414 g/mol. The Hall–Kier alpha value is -2.90. The molecule has 1 aliphatic rings. The second-order valence-electron chi connectivity index (χ2n) is 8.23.